The van der Waals surface area contributed by atoms with E-state index < -0.39 is 0 Å². The Labute approximate surface area is 148 Å². The van der Waals surface area contributed by atoms with E-state index in [1.165, 1.54) is 0 Å². The molecule has 0 fully saturated rings. The highest BCUT2D eigenvalue weighted by Crippen LogP contribution is 1.92. The van der Waals surface area contributed by atoms with Crippen molar-refractivity contribution in [3.63, 3.8) is 0 Å². The van der Waals surface area contributed by atoms with Crippen molar-refractivity contribution in [1.29, 1.82) is 0 Å². The summed E-state index contributed by atoms with van der Waals surface area (Å²) in [6, 6.07) is 0.543. The summed E-state index contributed by atoms with van der Waals surface area (Å²) in [4.78, 5) is 13.2. The number of carbonyl (C=O) groups is 1. The molecule has 0 aliphatic carbocycles. The Bertz CT molecular complexity index is 296. The van der Waals surface area contributed by atoms with Gasteiger partial charge >= 0.3 is 0 Å². The first-order valence-corrected chi connectivity index (χ1v) is 8.85. The summed E-state index contributed by atoms with van der Waals surface area (Å²) in [6.07, 6.45) is 0.503. The maximum Gasteiger partial charge on any atom is 0.219 e. The van der Waals surface area contributed by atoms with Crippen LogP contribution in [0.2, 0.25) is 0 Å². The monoisotopic (exact) mass is 350 g/mol. The van der Waals surface area contributed by atoms with Gasteiger partial charge in [0.15, 0.2) is 0 Å². The summed E-state index contributed by atoms with van der Waals surface area (Å²) in [5.41, 5.74) is 0. The van der Waals surface area contributed by atoms with Crippen LogP contribution in [0.5, 0.6) is 0 Å². The van der Waals surface area contributed by atoms with Crippen molar-refractivity contribution in [2.45, 2.75) is 33.2 Å². The van der Waals surface area contributed by atoms with E-state index in [0.29, 0.717) is 65.3 Å². The molecule has 0 saturated carbocycles. The summed E-state index contributed by atoms with van der Waals surface area (Å²) in [6.45, 7) is 12.2. The van der Waals surface area contributed by atoms with Crippen LogP contribution in [0.1, 0.15) is 28.6 Å². The third-order valence-corrected chi connectivity index (χ3v) is 3.48. The zero-order valence-electron chi connectivity index (χ0n) is 15.8. The SMILES string of the molecule is CCC(=O)NCCOCCOCCOCCOCCN(C)C(C)C.[HH]. The van der Waals surface area contributed by atoms with Gasteiger partial charge < -0.3 is 29.2 Å². The summed E-state index contributed by atoms with van der Waals surface area (Å²) in [5, 5.41) is 2.74. The summed E-state index contributed by atoms with van der Waals surface area (Å²) >= 11 is 0. The number of carbonyl (C=O) groups excluding carboxylic acids is 1. The number of likely N-dealkylation sites (N-methyl/N-ethyl adjacent to an activating group) is 1. The Morgan fingerprint density at radius 2 is 1.38 bits per heavy atom. The molecule has 0 aromatic rings. The molecule has 0 saturated heterocycles. The third kappa shape index (κ3) is 16.1. The number of nitrogens with zero attached hydrogens (tertiary/aromatic N) is 1. The molecule has 1 amide bonds. The van der Waals surface area contributed by atoms with Crippen LogP contribution in [-0.2, 0) is 23.7 Å². The molecule has 0 aliphatic heterocycles. The van der Waals surface area contributed by atoms with Gasteiger partial charge in [-0.2, -0.15) is 0 Å². The van der Waals surface area contributed by atoms with Crippen LogP contribution in [0.3, 0.4) is 0 Å². The minimum Gasteiger partial charge on any atom is -0.378 e. The molecule has 0 rings (SSSR count). The highest BCUT2D eigenvalue weighted by atomic mass is 16.6. The number of rotatable bonds is 17. The molecule has 0 bridgehead atoms. The van der Waals surface area contributed by atoms with Gasteiger partial charge in [0.1, 0.15) is 0 Å². The van der Waals surface area contributed by atoms with Crippen molar-refractivity contribution in [1.82, 2.24) is 10.2 Å². The van der Waals surface area contributed by atoms with Gasteiger partial charge in [-0.05, 0) is 20.9 Å². The topological polar surface area (TPSA) is 69.3 Å². The number of hydrogen-bond acceptors (Lipinski definition) is 6. The van der Waals surface area contributed by atoms with E-state index in [9.17, 15) is 4.79 Å². The predicted octanol–water partition coefficient (Wildman–Crippen LogP) is 1.17. The smallest absolute Gasteiger partial charge is 0.219 e. The molecular weight excluding hydrogens is 312 g/mol. The van der Waals surface area contributed by atoms with E-state index in [-0.39, 0.29) is 7.33 Å². The zero-order valence-corrected chi connectivity index (χ0v) is 15.8. The molecule has 0 aromatic carbocycles. The lowest BCUT2D eigenvalue weighted by Crippen LogP contribution is -2.30. The molecule has 24 heavy (non-hydrogen) atoms. The van der Waals surface area contributed by atoms with E-state index in [4.69, 9.17) is 18.9 Å². The van der Waals surface area contributed by atoms with Crippen molar-refractivity contribution < 1.29 is 25.2 Å². The highest BCUT2D eigenvalue weighted by molar-refractivity contribution is 5.75. The van der Waals surface area contributed by atoms with Crippen LogP contribution in [-0.4, -0.2) is 89.8 Å². The fourth-order valence-corrected chi connectivity index (χ4v) is 1.62. The van der Waals surface area contributed by atoms with Gasteiger partial charge in [-0.15, -0.1) is 0 Å². The van der Waals surface area contributed by atoms with Gasteiger partial charge in [0.25, 0.3) is 0 Å². The number of hydrogen-bond donors (Lipinski definition) is 1. The van der Waals surface area contributed by atoms with Gasteiger partial charge in [-0.1, -0.05) is 6.92 Å². The molecule has 0 unspecified atom stereocenters. The molecular formula is C17H38N2O5. The normalized spacial score (nSPS) is 11.4. The zero-order chi connectivity index (χ0) is 18.0. The molecule has 1 N–H and O–H groups in total. The minimum absolute atomic E-state index is 0. The van der Waals surface area contributed by atoms with Crippen LogP contribution in [0.4, 0.5) is 0 Å². The van der Waals surface area contributed by atoms with Crippen LogP contribution in [0.25, 0.3) is 0 Å². The lowest BCUT2D eigenvalue weighted by atomic mass is 10.3. The van der Waals surface area contributed by atoms with E-state index >= 15 is 0 Å². The van der Waals surface area contributed by atoms with Gasteiger partial charge in [0.05, 0.1) is 52.9 Å². The first-order chi connectivity index (χ1) is 11.6. The van der Waals surface area contributed by atoms with Crippen LogP contribution in [0, 0.1) is 0 Å². The summed E-state index contributed by atoms with van der Waals surface area (Å²) < 4.78 is 21.6. The first kappa shape index (κ1) is 23.3. The molecule has 7 heteroatoms. The Hall–Kier alpha value is -0.730. The van der Waals surface area contributed by atoms with Gasteiger partial charge in [0.2, 0.25) is 5.91 Å². The molecule has 0 aromatic heterocycles. The maximum atomic E-state index is 11.0. The van der Waals surface area contributed by atoms with Crippen LogP contribution in [0.15, 0.2) is 0 Å². The summed E-state index contributed by atoms with van der Waals surface area (Å²) in [5.74, 6) is 0.0444. The average Bonchev–Trinajstić information content (AvgIpc) is 2.57. The Morgan fingerprint density at radius 3 is 1.83 bits per heavy atom. The number of nitrogens with one attached hydrogen (secondary N) is 1. The van der Waals surface area contributed by atoms with Crippen molar-refractivity contribution >= 4 is 5.91 Å². The molecule has 0 radical (unpaired) electrons. The number of ether oxygens (including phenoxy) is 4. The van der Waals surface area contributed by atoms with Crippen molar-refractivity contribution in [2.24, 2.45) is 0 Å². The van der Waals surface area contributed by atoms with E-state index in [2.05, 4.69) is 31.1 Å². The van der Waals surface area contributed by atoms with Gasteiger partial charge in [-0.3, -0.25) is 4.79 Å². The van der Waals surface area contributed by atoms with Gasteiger partial charge in [0, 0.05) is 27.0 Å². The third-order valence-electron chi connectivity index (χ3n) is 3.48. The predicted molar refractivity (Wildman–Crippen MR) is 96.5 cm³/mol. The maximum absolute atomic E-state index is 11.0. The Balaban J connectivity index is 0. The minimum atomic E-state index is 0. The quantitative estimate of drug-likeness (QED) is 0.397. The van der Waals surface area contributed by atoms with Crippen molar-refractivity contribution in [3.05, 3.63) is 0 Å². The number of amides is 1. The van der Waals surface area contributed by atoms with Crippen LogP contribution < -0.4 is 5.32 Å². The second-order valence-electron chi connectivity index (χ2n) is 5.73. The molecule has 0 atom stereocenters. The molecule has 0 aliphatic rings. The Kier molecular flexibility index (Phi) is 16.6. The summed E-state index contributed by atoms with van der Waals surface area (Å²) in [7, 11) is 2.09. The fourth-order valence-electron chi connectivity index (χ4n) is 1.62. The van der Waals surface area contributed by atoms with E-state index in [0.717, 1.165) is 13.2 Å². The van der Waals surface area contributed by atoms with Crippen LogP contribution >= 0.6 is 0 Å². The first-order valence-electron chi connectivity index (χ1n) is 8.85. The van der Waals surface area contributed by atoms with E-state index in [1.807, 2.05) is 6.92 Å². The Morgan fingerprint density at radius 1 is 0.917 bits per heavy atom. The second kappa shape index (κ2) is 17.1. The second-order valence-corrected chi connectivity index (χ2v) is 5.73. The van der Waals surface area contributed by atoms with E-state index in [1.54, 1.807) is 0 Å². The highest BCUT2D eigenvalue weighted by Gasteiger charge is 2.01. The molecule has 0 spiro atoms. The standard InChI is InChI=1S/C17H36N2O5.H2/c1-5-17(20)18-6-8-21-10-12-23-14-15-24-13-11-22-9-7-19(4)16(2)3;/h16H,5-15H2,1-4H3,(H,18,20);1H. The molecule has 0 heterocycles. The van der Waals surface area contributed by atoms with Crippen molar-refractivity contribution in [3.8, 4) is 0 Å². The van der Waals surface area contributed by atoms with Gasteiger partial charge in [-0.25, -0.2) is 0 Å². The average molecular weight is 350 g/mol. The molecule has 146 valence electrons. The lowest BCUT2D eigenvalue weighted by molar-refractivity contribution is -0.121. The molecule has 7 nitrogen and oxygen atoms in total. The largest absolute Gasteiger partial charge is 0.378 e. The fraction of sp³-hybridized carbons (Fsp3) is 0.941. The van der Waals surface area contributed by atoms with Crippen molar-refractivity contribution in [2.75, 3.05) is 73.0 Å². The lowest BCUT2D eigenvalue weighted by Gasteiger charge is -2.20.